The lowest BCUT2D eigenvalue weighted by Gasteiger charge is -2.15. The molecule has 148 valence electrons. The minimum Gasteiger partial charge on any atom is -0.445 e. The Labute approximate surface area is 164 Å². The van der Waals surface area contributed by atoms with Gasteiger partial charge < -0.3 is 20.7 Å². The minimum atomic E-state index is -0.837. The van der Waals surface area contributed by atoms with Crippen LogP contribution in [0.4, 0.5) is 10.5 Å². The highest BCUT2D eigenvalue weighted by Crippen LogP contribution is 2.18. The molecule has 0 fully saturated rings. The van der Waals surface area contributed by atoms with Gasteiger partial charge in [-0.1, -0.05) is 48.5 Å². The number of anilines is 1. The highest BCUT2D eigenvalue weighted by Gasteiger charge is 2.17. The number of rotatable bonds is 7. The molecule has 28 heavy (non-hydrogen) atoms. The van der Waals surface area contributed by atoms with E-state index < -0.39 is 18.0 Å². The topological polar surface area (TPSA) is 96.5 Å². The maximum Gasteiger partial charge on any atom is 0.408 e. The summed E-state index contributed by atoms with van der Waals surface area (Å²) in [6, 6.07) is 14.1. The average Bonchev–Trinajstić information content (AvgIpc) is 2.68. The monoisotopic (exact) mass is 383 g/mol. The molecule has 0 aliphatic rings. The summed E-state index contributed by atoms with van der Waals surface area (Å²) in [6.45, 7) is 5.22. The Bertz CT molecular complexity index is 817. The zero-order chi connectivity index (χ0) is 20.5. The first-order chi connectivity index (χ1) is 13.4. The molecule has 0 saturated heterocycles. The molecule has 0 heterocycles. The van der Waals surface area contributed by atoms with Crippen LogP contribution in [0.2, 0.25) is 0 Å². The number of nitrogens with one attached hydrogen (secondary N) is 3. The molecular formula is C21H25N3O4. The average molecular weight is 383 g/mol. The molecule has 0 unspecified atom stereocenters. The van der Waals surface area contributed by atoms with Gasteiger partial charge in [0.2, 0.25) is 11.8 Å². The number of carbonyl (C=O) groups is 3. The summed E-state index contributed by atoms with van der Waals surface area (Å²) in [5.74, 6) is -0.821. The van der Waals surface area contributed by atoms with Crippen molar-refractivity contribution in [2.45, 2.75) is 33.4 Å². The van der Waals surface area contributed by atoms with E-state index in [-0.39, 0.29) is 19.1 Å². The first-order valence-electron chi connectivity index (χ1n) is 8.98. The van der Waals surface area contributed by atoms with Crippen molar-refractivity contribution in [2.24, 2.45) is 0 Å². The number of hydrogen-bond acceptors (Lipinski definition) is 4. The van der Waals surface area contributed by atoms with Gasteiger partial charge in [0.1, 0.15) is 12.6 Å². The number of para-hydroxylation sites is 1. The molecule has 0 aliphatic carbocycles. The summed E-state index contributed by atoms with van der Waals surface area (Å²) in [5.41, 5.74) is 3.46. The fourth-order valence-corrected chi connectivity index (χ4v) is 2.52. The number of ether oxygens (including phenoxy) is 1. The predicted octanol–water partition coefficient (Wildman–Crippen LogP) is 2.67. The molecule has 0 aromatic heterocycles. The largest absolute Gasteiger partial charge is 0.445 e. The van der Waals surface area contributed by atoms with Crippen molar-refractivity contribution in [1.29, 1.82) is 0 Å². The highest BCUT2D eigenvalue weighted by atomic mass is 16.5. The molecular weight excluding hydrogens is 358 g/mol. The van der Waals surface area contributed by atoms with Crippen LogP contribution in [-0.4, -0.2) is 30.5 Å². The van der Waals surface area contributed by atoms with E-state index >= 15 is 0 Å². The van der Waals surface area contributed by atoms with Gasteiger partial charge in [-0.15, -0.1) is 0 Å². The standard InChI is InChI=1S/C21H25N3O4/c1-14-8-7-9-15(2)19(14)24-18(25)12-22-20(26)16(3)23-21(27)28-13-17-10-5-4-6-11-17/h4-11,16H,12-13H2,1-3H3,(H,22,26)(H,23,27)(H,24,25)/t16-/m1/s1. The van der Waals surface area contributed by atoms with Gasteiger partial charge >= 0.3 is 6.09 Å². The number of benzene rings is 2. The van der Waals surface area contributed by atoms with Crippen molar-refractivity contribution in [2.75, 3.05) is 11.9 Å². The molecule has 0 bridgehead atoms. The molecule has 3 amide bonds. The van der Waals surface area contributed by atoms with E-state index in [0.717, 1.165) is 22.4 Å². The molecule has 0 spiro atoms. The first-order valence-corrected chi connectivity index (χ1v) is 8.98. The van der Waals surface area contributed by atoms with Crippen LogP contribution < -0.4 is 16.0 Å². The molecule has 3 N–H and O–H groups in total. The Morgan fingerprint density at radius 2 is 1.61 bits per heavy atom. The SMILES string of the molecule is Cc1cccc(C)c1NC(=O)CNC(=O)[C@@H](C)NC(=O)OCc1ccccc1. The first kappa shape index (κ1) is 21.0. The zero-order valence-electron chi connectivity index (χ0n) is 16.2. The molecule has 2 aromatic rings. The third kappa shape index (κ3) is 6.42. The molecule has 0 radical (unpaired) electrons. The van der Waals surface area contributed by atoms with E-state index in [1.165, 1.54) is 6.92 Å². The Hall–Kier alpha value is -3.35. The second-order valence-corrected chi connectivity index (χ2v) is 6.46. The Morgan fingerprint density at radius 1 is 0.964 bits per heavy atom. The van der Waals surface area contributed by atoms with Crippen molar-refractivity contribution in [3.05, 3.63) is 65.2 Å². The zero-order valence-corrected chi connectivity index (χ0v) is 16.2. The summed E-state index contributed by atoms with van der Waals surface area (Å²) in [4.78, 5) is 36.0. The van der Waals surface area contributed by atoms with Gasteiger partial charge in [0.25, 0.3) is 0 Å². The van der Waals surface area contributed by atoms with Crippen molar-refractivity contribution in [1.82, 2.24) is 10.6 Å². The molecule has 7 nitrogen and oxygen atoms in total. The van der Waals surface area contributed by atoms with Gasteiger partial charge in [-0.3, -0.25) is 9.59 Å². The molecule has 7 heteroatoms. The van der Waals surface area contributed by atoms with E-state index in [2.05, 4.69) is 16.0 Å². The van der Waals surface area contributed by atoms with E-state index in [1.54, 1.807) is 0 Å². The van der Waals surface area contributed by atoms with Crippen LogP contribution >= 0.6 is 0 Å². The second kappa shape index (κ2) is 10.1. The fourth-order valence-electron chi connectivity index (χ4n) is 2.52. The van der Waals surface area contributed by atoms with Crippen molar-refractivity contribution < 1.29 is 19.1 Å². The van der Waals surface area contributed by atoms with E-state index in [4.69, 9.17) is 4.74 Å². The second-order valence-electron chi connectivity index (χ2n) is 6.46. The maximum absolute atomic E-state index is 12.1. The van der Waals surface area contributed by atoms with Gasteiger partial charge in [-0.2, -0.15) is 0 Å². The number of hydrogen-bond donors (Lipinski definition) is 3. The number of carbonyl (C=O) groups excluding carboxylic acids is 3. The molecule has 2 aromatic carbocycles. The van der Waals surface area contributed by atoms with Gasteiger partial charge in [0, 0.05) is 5.69 Å². The lowest BCUT2D eigenvalue weighted by molar-refractivity contribution is -0.125. The number of alkyl carbamates (subject to hydrolysis) is 1. The maximum atomic E-state index is 12.1. The Kier molecular flexibility index (Phi) is 7.56. The summed E-state index contributed by atoms with van der Waals surface area (Å²) in [5, 5.41) is 7.72. The van der Waals surface area contributed by atoms with E-state index in [1.807, 2.05) is 62.4 Å². The van der Waals surface area contributed by atoms with Crippen LogP contribution in [-0.2, 0) is 20.9 Å². The van der Waals surface area contributed by atoms with Crippen LogP contribution in [0.1, 0.15) is 23.6 Å². The van der Waals surface area contributed by atoms with E-state index in [0.29, 0.717) is 0 Å². The van der Waals surface area contributed by atoms with Crippen LogP contribution in [0.15, 0.2) is 48.5 Å². The third-order valence-corrected chi connectivity index (χ3v) is 4.11. The Balaban J connectivity index is 1.74. The predicted molar refractivity (Wildman–Crippen MR) is 107 cm³/mol. The van der Waals surface area contributed by atoms with Gasteiger partial charge in [0.05, 0.1) is 6.54 Å². The Morgan fingerprint density at radius 3 is 2.25 bits per heavy atom. The smallest absolute Gasteiger partial charge is 0.408 e. The summed E-state index contributed by atoms with van der Waals surface area (Å²) < 4.78 is 5.07. The minimum absolute atomic E-state index is 0.110. The van der Waals surface area contributed by atoms with Gasteiger partial charge in [-0.25, -0.2) is 4.79 Å². The molecule has 0 saturated carbocycles. The van der Waals surface area contributed by atoms with Crippen molar-refractivity contribution >= 4 is 23.6 Å². The molecule has 0 aliphatic heterocycles. The van der Waals surface area contributed by atoms with Gasteiger partial charge in [0.15, 0.2) is 0 Å². The highest BCUT2D eigenvalue weighted by molar-refractivity contribution is 5.96. The summed E-state index contributed by atoms with van der Waals surface area (Å²) >= 11 is 0. The van der Waals surface area contributed by atoms with Crippen LogP contribution in [0.3, 0.4) is 0 Å². The lowest BCUT2D eigenvalue weighted by Crippen LogP contribution is -2.46. The third-order valence-electron chi connectivity index (χ3n) is 4.11. The summed E-state index contributed by atoms with van der Waals surface area (Å²) in [7, 11) is 0. The normalized spacial score (nSPS) is 11.2. The van der Waals surface area contributed by atoms with Crippen LogP contribution in [0, 0.1) is 13.8 Å². The lowest BCUT2D eigenvalue weighted by atomic mass is 10.1. The van der Waals surface area contributed by atoms with E-state index in [9.17, 15) is 14.4 Å². The van der Waals surface area contributed by atoms with Crippen LogP contribution in [0.5, 0.6) is 0 Å². The molecule has 1 atom stereocenters. The van der Waals surface area contributed by atoms with Gasteiger partial charge in [-0.05, 0) is 37.5 Å². The van der Waals surface area contributed by atoms with Crippen molar-refractivity contribution in [3.8, 4) is 0 Å². The van der Waals surface area contributed by atoms with Crippen LogP contribution in [0.25, 0.3) is 0 Å². The molecule has 2 rings (SSSR count). The van der Waals surface area contributed by atoms with Crippen molar-refractivity contribution in [3.63, 3.8) is 0 Å². The fraction of sp³-hybridized carbons (Fsp3) is 0.286. The number of amides is 3. The summed E-state index contributed by atoms with van der Waals surface area (Å²) in [6.07, 6.45) is -0.702. The quantitative estimate of drug-likeness (QED) is 0.685. The number of aryl methyl sites for hydroxylation is 2.